The van der Waals surface area contributed by atoms with Gasteiger partial charge in [0.25, 0.3) is 0 Å². The molecule has 136 valence electrons. The van der Waals surface area contributed by atoms with E-state index in [1.165, 1.54) is 11.3 Å². The number of hydrogen-bond acceptors (Lipinski definition) is 5. The minimum atomic E-state index is -0.0236. The van der Waals surface area contributed by atoms with Gasteiger partial charge in [-0.1, -0.05) is 17.4 Å². The lowest BCUT2D eigenvalue weighted by Gasteiger charge is -2.23. The minimum Gasteiger partial charge on any atom is -0.497 e. The third-order valence-electron chi connectivity index (χ3n) is 4.10. The number of thiophene rings is 1. The van der Waals surface area contributed by atoms with Crippen LogP contribution in [0.1, 0.15) is 17.0 Å². The fraction of sp³-hybridized carbons (Fsp3) is 0.263. The van der Waals surface area contributed by atoms with E-state index in [1.807, 2.05) is 54.1 Å². The van der Waals surface area contributed by atoms with Crippen LogP contribution in [-0.2, 0) is 17.9 Å². The van der Waals surface area contributed by atoms with Crippen LogP contribution in [0.2, 0.25) is 0 Å². The number of amides is 1. The van der Waals surface area contributed by atoms with Crippen LogP contribution in [0.3, 0.4) is 0 Å². The minimum absolute atomic E-state index is 0.0129. The molecule has 3 rings (SSSR count). The van der Waals surface area contributed by atoms with Gasteiger partial charge in [-0.05, 0) is 42.6 Å². The van der Waals surface area contributed by atoms with Crippen LogP contribution < -0.4 is 14.5 Å². The summed E-state index contributed by atoms with van der Waals surface area (Å²) in [5.74, 6) is 0.735. The van der Waals surface area contributed by atoms with Crippen molar-refractivity contribution in [3.05, 3.63) is 67.4 Å². The Labute approximate surface area is 160 Å². The maximum atomic E-state index is 12.9. The molecular formula is C19H20N2O3S2. The Morgan fingerprint density at radius 1 is 1.19 bits per heavy atom. The van der Waals surface area contributed by atoms with Gasteiger partial charge in [-0.25, -0.2) is 0 Å². The molecule has 0 saturated heterocycles. The van der Waals surface area contributed by atoms with E-state index >= 15 is 0 Å². The summed E-state index contributed by atoms with van der Waals surface area (Å²) in [7, 11) is 1.62. The molecule has 0 N–H and O–H groups in total. The first kappa shape index (κ1) is 18.4. The first-order valence-electron chi connectivity index (χ1n) is 8.20. The summed E-state index contributed by atoms with van der Waals surface area (Å²) in [6, 6.07) is 11.4. The van der Waals surface area contributed by atoms with Crippen molar-refractivity contribution in [3.63, 3.8) is 0 Å². The lowest BCUT2D eigenvalue weighted by atomic mass is 10.2. The number of ether oxygens (including phenoxy) is 1. The number of benzene rings is 1. The largest absolute Gasteiger partial charge is 0.497 e. The molecule has 0 aliphatic heterocycles. The second-order valence-corrected chi connectivity index (χ2v) is 7.65. The van der Waals surface area contributed by atoms with Crippen molar-refractivity contribution >= 4 is 34.3 Å². The molecule has 0 unspecified atom stereocenters. The van der Waals surface area contributed by atoms with E-state index < -0.39 is 0 Å². The van der Waals surface area contributed by atoms with Gasteiger partial charge in [0.05, 0.1) is 13.7 Å². The number of methoxy groups -OCH3 is 1. The predicted octanol–water partition coefficient (Wildman–Crippen LogP) is 3.91. The molecule has 5 nitrogen and oxygen atoms in total. The van der Waals surface area contributed by atoms with E-state index in [1.54, 1.807) is 27.9 Å². The summed E-state index contributed by atoms with van der Waals surface area (Å²) in [5, 5.41) is 3.82. The van der Waals surface area contributed by atoms with Crippen molar-refractivity contribution in [1.82, 2.24) is 4.57 Å². The van der Waals surface area contributed by atoms with Crippen LogP contribution in [0, 0.1) is 6.92 Å². The van der Waals surface area contributed by atoms with Crippen LogP contribution in [0.15, 0.2) is 52.0 Å². The molecular weight excluding hydrogens is 368 g/mol. The number of hydrogen-bond donors (Lipinski definition) is 0. The van der Waals surface area contributed by atoms with Gasteiger partial charge < -0.3 is 14.2 Å². The monoisotopic (exact) mass is 388 g/mol. The molecule has 0 radical (unpaired) electrons. The molecule has 2 aromatic heterocycles. The zero-order valence-electron chi connectivity index (χ0n) is 14.7. The van der Waals surface area contributed by atoms with Gasteiger partial charge >= 0.3 is 4.87 Å². The van der Waals surface area contributed by atoms with Crippen molar-refractivity contribution < 1.29 is 9.53 Å². The van der Waals surface area contributed by atoms with E-state index in [4.69, 9.17) is 4.74 Å². The Morgan fingerprint density at radius 2 is 1.96 bits per heavy atom. The fourth-order valence-corrected chi connectivity index (χ4v) is 4.11. The zero-order valence-corrected chi connectivity index (χ0v) is 16.3. The topological polar surface area (TPSA) is 51.5 Å². The average molecular weight is 389 g/mol. The van der Waals surface area contributed by atoms with Crippen molar-refractivity contribution in [1.29, 1.82) is 0 Å². The van der Waals surface area contributed by atoms with Gasteiger partial charge in [-0.3, -0.25) is 9.59 Å². The number of thiazole rings is 1. The van der Waals surface area contributed by atoms with Crippen molar-refractivity contribution in [2.24, 2.45) is 0 Å². The molecule has 0 fully saturated rings. The van der Waals surface area contributed by atoms with Gasteiger partial charge in [0.2, 0.25) is 5.91 Å². The Bertz CT molecular complexity index is 911. The Hall–Kier alpha value is -2.38. The summed E-state index contributed by atoms with van der Waals surface area (Å²) in [5.41, 5.74) is 1.71. The zero-order chi connectivity index (χ0) is 18.5. The highest BCUT2D eigenvalue weighted by Gasteiger charge is 2.18. The summed E-state index contributed by atoms with van der Waals surface area (Å²) in [6.07, 6.45) is 0.273. The van der Waals surface area contributed by atoms with Crippen LogP contribution in [0.4, 0.5) is 5.69 Å². The molecule has 0 bridgehead atoms. The summed E-state index contributed by atoms with van der Waals surface area (Å²) >= 11 is 2.79. The van der Waals surface area contributed by atoms with E-state index in [9.17, 15) is 9.59 Å². The van der Waals surface area contributed by atoms with E-state index in [-0.39, 0.29) is 17.2 Å². The molecule has 0 saturated carbocycles. The molecule has 0 atom stereocenters. The Kier molecular flexibility index (Phi) is 5.90. The molecule has 3 aromatic rings. The summed E-state index contributed by atoms with van der Waals surface area (Å²) < 4.78 is 6.85. The highest BCUT2D eigenvalue weighted by Crippen LogP contribution is 2.23. The number of anilines is 1. The highest BCUT2D eigenvalue weighted by molar-refractivity contribution is 7.09. The van der Waals surface area contributed by atoms with Crippen LogP contribution >= 0.6 is 22.7 Å². The molecule has 1 aromatic carbocycles. The predicted molar refractivity (Wildman–Crippen MR) is 106 cm³/mol. The van der Waals surface area contributed by atoms with E-state index in [0.717, 1.165) is 22.0 Å². The summed E-state index contributed by atoms with van der Waals surface area (Å²) in [6.45, 7) is 2.79. The number of aromatic nitrogens is 1. The average Bonchev–Trinajstić information content (AvgIpc) is 3.28. The number of rotatable bonds is 7. The molecule has 7 heteroatoms. The second-order valence-electron chi connectivity index (χ2n) is 5.80. The molecule has 1 amide bonds. The highest BCUT2D eigenvalue weighted by atomic mass is 32.1. The molecule has 26 heavy (non-hydrogen) atoms. The standard InChI is InChI=1S/C19H20N2O3S2/c1-14-13-26-19(23)20(14)10-9-18(22)21(12-17-4-3-11-25-17)15-5-7-16(24-2)8-6-15/h3-8,11,13H,9-10,12H2,1-2H3. The number of carbonyl (C=O) groups excluding carboxylic acids is 1. The number of carbonyl (C=O) groups is 1. The lowest BCUT2D eigenvalue weighted by molar-refractivity contribution is -0.119. The van der Waals surface area contributed by atoms with Gasteiger partial charge in [0, 0.05) is 34.6 Å². The van der Waals surface area contributed by atoms with Crippen LogP contribution in [-0.4, -0.2) is 17.6 Å². The number of nitrogens with zero attached hydrogens (tertiary/aromatic N) is 2. The van der Waals surface area contributed by atoms with Gasteiger partial charge in [0.1, 0.15) is 5.75 Å². The maximum absolute atomic E-state index is 12.9. The van der Waals surface area contributed by atoms with Crippen molar-refractivity contribution in [3.8, 4) is 5.75 Å². The second kappa shape index (κ2) is 8.33. The maximum Gasteiger partial charge on any atom is 0.307 e. The van der Waals surface area contributed by atoms with Gasteiger partial charge in [-0.15, -0.1) is 11.3 Å². The molecule has 0 aliphatic rings. The van der Waals surface area contributed by atoms with E-state index in [2.05, 4.69) is 0 Å². The smallest absolute Gasteiger partial charge is 0.307 e. The first-order chi connectivity index (χ1) is 12.6. The van der Waals surface area contributed by atoms with Crippen molar-refractivity contribution in [2.45, 2.75) is 26.4 Å². The third-order valence-corrected chi connectivity index (χ3v) is 5.85. The van der Waals surface area contributed by atoms with E-state index in [0.29, 0.717) is 13.1 Å². The lowest BCUT2D eigenvalue weighted by Crippen LogP contribution is -2.31. The molecule has 0 aliphatic carbocycles. The fourth-order valence-electron chi connectivity index (χ4n) is 2.66. The number of aryl methyl sites for hydroxylation is 1. The Morgan fingerprint density at radius 3 is 2.54 bits per heavy atom. The third kappa shape index (κ3) is 4.23. The quantitative estimate of drug-likeness (QED) is 0.617. The molecule has 0 spiro atoms. The first-order valence-corrected chi connectivity index (χ1v) is 9.96. The normalized spacial score (nSPS) is 10.7. The van der Waals surface area contributed by atoms with Gasteiger partial charge in [-0.2, -0.15) is 0 Å². The van der Waals surface area contributed by atoms with Crippen LogP contribution in [0.25, 0.3) is 0 Å². The van der Waals surface area contributed by atoms with Crippen molar-refractivity contribution in [2.75, 3.05) is 12.0 Å². The molecule has 2 heterocycles. The van der Waals surface area contributed by atoms with Gasteiger partial charge in [0.15, 0.2) is 0 Å². The SMILES string of the molecule is COc1ccc(N(Cc2cccs2)C(=O)CCn2c(C)csc2=O)cc1. The summed E-state index contributed by atoms with van der Waals surface area (Å²) in [4.78, 5) is 27.6. The van der Waals surface area contributed by atoms with Crippen LogP contribution in [0.5, 0.6) is 5.75 Å². The Balaban J connectivity index is 1.79.